The number of nitrogens with zero attached hydrogens (tertiary/aromatic N) is 1. The molecule has 0 radical (unpaired) electrons. The van der Waals surface area contributed by atoms with E-state index in [0.717, 1.165) is 30.0 Å². The van der Waals surface area contributed by atoms with E-state index in [1.54, 1.807) is 0 Å². The number of carbonyl (C=O) groups excluding carboxylic acids is 2. The van der Waals surface area contributed by atoms with E-state index >= 15 is 0 Å². The average Bonchev–Trinajstić information content (AvgIpc) is 2.64. The van der Waals surface area contributed by atoms with Crippen LogP contribution in [0.3, 0.4) is 0 Å². The number of rotatable bonds is 4. The summed E-state index contributed by atoms with van der Waals surface area (Å²) in [5, 5.41) is 9.30. The molecule has 6 heteroatoms. The third-order valence-electron chi connectivity index (χ3n) is 5.50. The minimum atomic E-state index is -0.261. The van der Waals surface area contributed by atoms with Crippen LogP contribution in [0.2, 0.25) is 0 Å². The molecule has 0 bridgehead atoms. The van der Waals surface area contributed by atoms with Gasteiger partial charge in [-0.2, -0.15) is 0 Å². The normalized spacial score (nSPS) is 22.5. The van der Waals surface area contributed by atoms with Gasteiger partial charge in [-0.05, 0) is 49.4 Å². The van der Waals surface area contributed by atoms with E-state index in [1.807, 2.05) is 24.3 Å². The van der Waals surface area contributed by atoms with E-state index in [1.165, 1.54) is 19.4 Å². The van der Waals surface area contributed by atoms with Gasteiger partial charge in [-0.1, -0.05) is 24.3 Å². The van der Waals surface area contributed by atoms with E-state index < -0.39 is 0 Å². The number of hydrogen-bond donors (Lipinski definition) is 3. The zero-order valence-electron chi connectivity index (χ0n) is 16.9. The first-order chi connectivity index (χ1) is 13.3. The van der Waals surface area contributed by atoms with Crippen molar-refractivity contribution < 1.29 is 9.59 Å². The fourth-order valence-electron chi connectivity index (χ4n) is 3.91. The van der Waals surface area contributed by atoms with Crippen molar-refractivity contribution in [2.24, 2.45) is 0 Å². The Bertz CT molecular complexity index is 848. The number of likely N-dealkylation sites (N-methyl/N-ethyl adjacent to an activating group) is 1. The smallest absolute Gasteiger partial charge is 0.221 e. The predicted octanol–water partition coefficient (Wildman–Crippen LogP) is 3.09. The average molecular weight is 380 g/mol. The molecule has 2 unspecified atom stereocenters. The lowest BCUT2D eigenvalue weighted by Crippen LogP contribution is -2.57. The number of hydrogen-bond acceptors (Lipinski definition) is 4. The Morgan fingerprint density at radius 1 is 0.964 bits per heavy atom. The number of anilines is 2. The van der Waals surface area contributed by atoms with Gasteiger partial charge in [0.1, 0.15) is 0 Å². The van der Waals surface area contributed by atoms with Crippen LogP contribution in [-0.2, 0) is 15.1 Å². The molecule has 2 aromatic rings. The van der Waals surface area contributed by atoms with Crippen LogP contribution in [0, 0.1) is 0 Å². The molecule has 3 rings (SSSR count). The van der Waals surface area contributed by atoms with Crippen molar-refractivity contribution in [3.05, 3.63) is 59.7 Å². The van der Waals surface area contributed by atoms with Gasteiger partial charge in [0, 0.05) is 38.3 Å². The molecule has 148 valence electrons. The minimum Gasteiger partial charge on any atom is -0.326 e. The topological polar surface area (TPSA) is 73.5 Å². The molecule has 1 aliphatic heterocycles. The summed E-state index contributed by atoms with van der Waals surface area (Å²) in [5.74, 6) is -0.153. The third kappa shape index (κ3) is 4.08. The molecule has 1 fully saturated rings. The van der Waals surface area contributed by atoms with Crippen LogP contribution in [0.15, 0.2) is 48.5 Å². The van der Waals surface area contributed by atoms with E-state index in [0.29, 0.717) is 0 Å². The lowest BCUT2D eigenvalue weighted by atomic mass is 9.78. The second-order valence-corrected chi connectivity index (χ2v) is 7.52. The van der Waals surface area contributed by atoms with Crippen molar-refractivity contribution in [2.45, 2.75) is 32.4 Å². The van der Waals surface area contributed by atoms with Crippen molar-refractivity contribution in [2.75, 3.05) is 30.8 Å². The maximum Gasteiger partial charge on any atom is 0.221 e. The van der Waals surface area contributed by atoms with Crippen LogP contribution in [-0.4, -0.2) is 36.9 Å². The Kier molecular flexibility index (Phi) is 5.82. The van der Waals surface area contributed by atoms with Crippen molar-refractivity contribution in [1.29, 1.82) is 0 Å². The van der Waals surface area contributed by atoms with Crippen molar-refractivity contribution >= 4 is 23.2 Å². The van der Waals surface area contributed by atoms with E-state index in [4.69, 9.17) is 0 Å². The van der Waals surface area contributed by atoms with Crippen LogP contribution in [0.25, 0.3) is 0 Å². The Balaban J connectivity index is 1.93. The Morgan fingerprint density at radius 2 is 1.46 bits per heavy atom. The summed E-state index contributed by atoms with van der Waals surface area (Å²) in [7, 11) is 2.14. The monoisotopic (exact) mass is 380 g/mol. The van der Waals surface area contributed by atoms with Crippen LogP contribution < -0.4 is 16.0 Å². The zero-order valence-corrected chi connectivity index (χ0v) is 16.9. The van der Waals surface area contributed by atoms with Gasteiger partial charge >= 0.3 is 0 Å². The van der Waals surface area contributed by atoms with Crippen molar-refractivity contribution in [3.8, 4) is 0 Å². The molecule has 2 atom stereocenters. The number of carbonyl (C=O) groups is 2. The molecule has 0 saturated carbocycles. The van der Waals surface area contributed by atoms with Gasteiger partial charge in [0.2, 0.25) is 11.8 Å². The van der Waals surface area contributed by atoms with E-state index in [-0.39, 0.29) is 23.4 Å². The van der Waals surface area contributed by atoms with Gasteiger partial charge < -0.3 is 16.0 Å². The summed E-state index contributed by atoms with van der Waals surface area (Å²) < 4.78 is 0. The molecule has 1 saturated heterocycles. The Labute approximate surface area is 166 Å². The van der Waals surface area contributed by atoms with Crippen LogP contribution in [0.5, 0.6) is 0 Å². The first kappa shape index (κ1) is 20.0. The fourth-order valence-corrected chi connectivity index (χ4v) is 3.91. The first-order valence-corrected chi connectivity index (χ1v) is 9.51. The van der Waals surface area contributed by atoms with Crippen molar-refractivity contribution in [1.82, 2.24) is 10.2 Å². The van der Waals surface area contributed by atoms with Crippen LogP contribution in [0.1, 0.15) is 37.9 Å². The Morgan fingerprint density at radius 3 is 1.96 bits per heavy atom. The van der Waals surface area contributed by atoms with Gasteiger partial charge in [0.25, 0.3) is 0 Å². The van der Waals surface area contributed by atoms with Crippen molar-refractivity contribution in [3.63, 3.8) is 0 Å². The maximum absolute atomic E-state index is 11.3. The van der Waals surface area contributed by atoms with Gasteiger partial charge in [-0.25, -0.2) is 0 Å². The van der Waals surface area contributed by atoms with Gasteiger partial charge in [-0.3, -0.25) is 14.5 Å². The Hall–Kier alpha value is -2.70. The highest BCUT2D eigenvalue weighted by atomic mass is 16.2. The standard InChI is InChI=1S/C22H28N4O2/c1-15(27)24-19-9-5-17(6-10-19)21-22(3,26(4)14-13-23-21)18-7-11-20(12-8-18)25-16(2)28/h5-12,21,23H,13-14H2,1-4H3,(H,24,27)(H,25,28). The quantitative estimate of drug-likeness (QED) is 0.762. The molecule has 0 aromatic heterocycles. The van der Waals surface area contributed by atoms with Crippen LogP contribution >= 0.6 is 0 Å². The highest BCUT2D eigenvalue weighted by Gasteiger charge is 2.42. The number of benzene rings is 2. The molecule has 2 aromatic carbocycles. The summed E-state index contributed by atoms with van der Waals surface area (Å²) in [6.07, 6.45) is 0. The number of amides is 2. The SMILES string of the molecule is CC(=O)Nc1ccc(C2NCCN(C)C2(C)c2ccc(NC(C)=O)cc2)cc1. The highest BCUT2D eigenvalue weighted by Crippen LogP contribution is 2.41. The van der Waals surface area contributed by atoms with E-state index in [2.05, 4.69) is 59.1 Å². The minimum absolute atomic E-state index is 0.0763. The lowest BCUT2D eigenvalue weighted by Gasteiger charge is -2.49. The molecular weight excluding hydrogens is 352 g/mol. The maximum atomic E-state index is 11.3. The van der Waals surface area contributed by atoms with Crippen LogP contribution in [0.4, 0.5) is 11.4 Å². The molecule has 0 aliphatic carbocycles. The zero-order chi connectivity index (χ0) is 20.3. The second kappa shape index (κ2) is 8.12. The summed E-state index contributed by atoms with van der Waals surface area (Å²) in [5.41, 5.74) is 3.66. The molecule has 2 amide bonds. The third-order valence-corrected chi connectivity index (χ3v) is 5.50. The first-order valence-electron chi connectivity index (χ1n) is 9.51. The predicted molar refractivity (Wildman–Crippen MR) is 112 cm³/mol. The fraction of sp³-hybridized carbons (Fsp3) is 0.364. The number of nitrogens with one attached hydrogen (secondary N) is 3. The molecule has 1 aliphatic rings. The summed E-state index contributed by atoms with van der Waals surface area (Å²) in [6, 6.07) is 16.1. The van der Waals surface area contributed by atoms with Gasteiger partial charge in [0.15, 0.2) is 0 Å². The number of piperazine rings is 1. The largest absolute Gasteiger partial charge is 0.326 e. The molecule has 6 nitrogen and oxygen atoms in total. The molecular formula is C22H28N4O2. The highest BCUT2D eigenvalue weighted by molar-refractivity contribution is 5.89. The van der Waals surface area contributed by atoms with E-state index in [9.17, 15) is 9.59 Å². The summed E-state index contributed by atoms with van der Waals surface area (Å²) in [4.78, 5) is 24.9. The van der Waals surface area contributed by atoms with Gasteiger partial charge in [0.05, 0.1) is 11.6 Å². The molecule has 1 heterocycles. The summed E-state index contributed by atoms with van der Waals surface area (Å²) >= 11 is 0. The molecule has 28 heavy (non-hydrogen) atoms. The lowest BCUT2D eigenvalue weighted by molar-refractivity contribution is -0.115. The summed E-state index contributed by atoms with van der Waals surface area (Å²) in [6.45, 7) is 7.08. The molecule has 0 spiro atoms. The second-order valence-electron chi connectivity index (χ2n) is 7.52. The molecule has 3 N–H and O–H groups in total. The van der Waals surface area contributed by atoms with Gasteiger partial charge in [-0.15, -0.1) is 0 Å².